The van der Waals surface area contributed by atoms with E-state index in [0.29, 0.717) is 11.8 Å². The smallest absolute Gasteiger partial charge is 0.248 e. The average Bonchev–Trinajstić information content (AvgIpc) is 2.79. The number of anilines is 1. The van der Waals surface area contributed by atoms with E-state index in [4.69, 9.17) is 4.99 Å². The first kappa shape index (κ1) is 18.2. The van der Waals surface area contributed by atoms with Crippen LogP contribution in [0.2, 0.25) is 0 Å². The van der Waals surface area contributed by atoms with E-state index in [1.54, 1.807) is 11.8 Å². The molecule has 136 valence electrons. The molecule has 1 aromatic carbocycles. The third-order valence-corrected chi connectivity index (χ3v) is 5.88. The molecule has 0 spiro atoms. The molecule has 1 unspecified atom stereocenters. The molecule has 2 aliphatic rings. The Hall–Kier alpha value is -1.63. The molecule has 3 rings (SSSR count). The first-order chi connectivity index (χ1) is 12.0. The third kappa shape index (κ3) is 4.51. The van der Waals surface area contributed by atoms with Crippen molar-refractivity contribution in [2.24, 2.45) is 4.99 Å². The molecule has 1 aliphatic heterocycles. The van der Waals surface area contributed by atoms with Crippen LogP contribution >= 0.6 is 11.8 Å². The Labute approximate surface area is 151 Å². The molecule has 4 nitrogen and oxygen atoms in total. The second-order valence-electron chi connectivity index (χ2n) is 6.61. The molecule has 1 amide bonds. The molecule has 1 atom stereocenters. The first-order valence-corrected chi connectivity index (χ1v) is 9.72. The van der Waals surface area contributed by atoms with Crippen molar-refractivity contribution < 1.29 is 13.6 Å². The SMILES string of the molecule is CN1C(=NC2CCCCCC2)SCC1C(=O)Nc1ccc(F)c(F)c1. The van der Waals surface area contributed by atoms with Crippen LogP contribution < -0.4 is 5.32 Å². The molecule has 1 saturated heterocycles. The van der Waals surface area contributed by atoms with Crippen LogP contribution in [-0.2, 0) is 4.79 Å². The van der Waals surface area contributed by atoms with Gasteiger partial charge in [0.15, 0.2) is 16.8 Å². The second kappa shape index (κ2) is 8.17. The summed E-state index contributed by atoms with van der Waals surface area (Å²) in [5.74, 6) is -1.52. The lowest BCUT2D eigenvalue weighted by atomic mass is 10.1. The summed E-state index contributed by atoms with van der Waals surface area (Å²) in [5, 5.41) is 3.56. The number of likely N-dealkylation sites (N-methyl/N-ethyl adjacent to an activating group) is 1. The van der Waals surface area contributed by atoms with Gasteiger partial charge in [-0.1, -0.05) is 37.4 Å². The van der Waals surface area contributed by atoms with Crippen molar-refractivity contribution in [1.29, 1.82) is 0 Å². The Morgan fingerprint density at radius 3 is 2.60 bits per heavy atom. The van der Waals surface area contributed by atoms with Gasteiger partial charge >= 0.3 is 0 Å². The standard InChI is InChI=1S/C18H23F2N3OS/c1-23-16(17(24)21-13-8-9-14(19)15(20)10-13)11-25-18(23)22-12-6-4-2-3-5-7-12/h8-10,12,16H,2-7,11H2,1H3,(H,21,24). The van der Waals surface area contributed by atoms with Crippen molar-refractivity contribution in [3.8, 4) is 0 Å². The number of rotatable bonds is 3. The molecule has 7 heteroatoms. The highest BCUT2D eigenvalue weighted by Crippen LogP contribution is 2.27. The van der Waals surface area contributed by atoms with Crippen LogP contribution in [0.3, 0.4) is 0 Å². The molecule has 1 aromatic rings. The largest absolute Gasteiger partial charge is 0.342 e. The monoisotopic (exact) mass is 367 g/mol. The van der Waals surface area contributed by atoms with Gasteiger partial charge in [-0.25, -0.2) is 8.78 Å². The summed E-state index contributed by atoms with van der Waals surface area (Å²) in [6.07, 6.45) is 7.23. The summed E-state index contributed by atoms with van der Waals surface area (Å²) in [5.41, 5.74) is 0.261. The number of aliphatic imine (C=N–C) groups is 1. The maximum atomic E-state index is 13.3. The quantitative estimate of drug-likeness (QED) is 0.821. The van der Waals surface area contributed by atoms with E-state index in [-0.39, 0.29) is 17.6 Å². The van der Waals surface area contributed by atoms with E-state index >= 15 is 0 Å². The van der Waals surface area contributed by atoms with Crippen molar-refractivity contribution in [1.82, 2.24) is 4.90 Å². The third-order valence-electron chi connectivity index (χ3n) is 4.75. The van der Waals surface area contributed by atoms with E-state index in [0.717, 1.165) is 30.1 Å². The van der Waals surface area contributed by atoms with Crippen LogP contribution in [0.1, 0.15) is 38.5 Å². The fourth-order valence-corrected chi connectivity index (χ4v) is 4.46. The van der Waals surface area contributed by atoms with Gasteiger partial charge in [0.25, 0.3) is 0 Å². The maximum Gasteiger partial charge on any atom is 0.248 e. The molecule has 1 heterocycles. The van der Waals surface area contributed by atoms with Gasteiger partial charge in [0.2, 0.25) is 5.91 Å². The number of amidine groups is 1. The number of carbonyl (C=O) groups is 1. The number of hydrogen-bond acceptors (Lipinski definition) is 3. The number of halogens is 2. The fraction of sp³-hybridized carbons (Fsp3) is 0.556. The second-order valence-corrected chi connectivity index (χ2v) is 7.60. The Morgan fingerprint density at radius 1 is 1.20 bits per heavy atom. The Morgan fingerprint density at radius 2 is 1.92 bits per heavy atom. The van der Waals surface area contributed by atoms with E-state index in [1.807, 2.05) is 11.9 Å². The zero-order valence-corrected chi connectivity index (χ0v) is 15.1. The highest BCUT2D eigenvalue weighted by molar-refractivity contribution is 8.14. The van der Waals surface area contributed by atoms with Crippen LogP contribution in [0, 0.1) is 11.6 Å². The van der Waals surface area contributed by atoms with Gasteiger partial charge in [0, 0.05) is 24.6 Å². The lowest BCUT2D eigenvalue weighted by Gasteiger charge is -2.21. The number of benzene rings is 1. The number of nitrogens with zero attached hydrogens (tertiary/aromatic N) is 2. The van der Waals surface area contributed by atoms with Gasteiger partial charge in [-0.05, 0) is 25.0 Å². The van der Waals surface area contributed by atoms with Crippen LogP contribution in [0.5, 0.6) is 0 Å². The molecule has 0 bridgehead atoms. The van der Waals surface area contributed by atoms with Crippen molar-refractivity contribution in [2.45, 2.75) is 50.6 Å². The van der Waals surface area contributed by atoms with E-state index in [1.165, 1.54) is 31.7 Å². The van der Waals surface area contributed by atoms with Crippen molar-refractivity contribution in [2.75, 3.05) is 18.1 Å². The van der Waals surface area contributed by atoms with Gasteiger partial charge in [-0.15, -0.1) is 0 Å². The van der Waals surface area contributed by atoms with Crippen molar-refractivity contribution >= 4 is 28.5 Å². The minimum atomic E-state index is -0.970. The molecule has 1 aliphatic carbocycles. The molecule has 0 aromatic heterocycles. The van der Waals surface area contributed by atoms with Gasteiger partial charge in [-0.2, -0.15) is 0 Å². The molecule has 25 heavy (non-hydrogen) atoms. The highest BCUT2D eigenvalue weighted by atomic mass is 32.2. The lowest BCUT2D eigenvalue weighted by Crippen LogP contribution is -2.40. The summed E-state index contributed by atoms with van der Waals surface area (Å²) in [6, 6.07) is 3.36. The minimum absolute atomic E-state index is 0.230. The van der Waals surface area contributed by atoms with Crippen molar-refractivity contribution in [3.63, 3.8) is 0 Å². The molecule has 2 fully saturated rings. The van der Waals surface area contributed by atoms with Crippen LogP contribution in [0.15, 0.2) is 23.2 Å². The minimum Gasteiger partial charge on any atom is -0.342 e. The summed E-state index contributed by atoms with van der Waals surface area (Å²) < 4.78 is 26.3. The predicted molar refractivity (Wildman–Crippen MR) is 97.9 cm³/mol. The highest BCUT2D eigenvalue weighted by Gasteiger charge is 2.33. The van der Waals surface area contributed by atoms with Gasteiger partial charge in [0.05, 0.1) is 6.04 Å². The first-order valence-electron chi connectivity index (χ1n) is 8.74. The number of thioether (sulfide) groups is 1. The lowest BCUT2D eigenvalue weighted by molar-refractivity contribution is -0.118. The Kier molecular flexibility index (Phi) is 5.93. The zero-order valence-electron chi connectivity index (χ0n) is 14.3. The average molecular weight is 367 g/mol. The van der Waals surface area contributed by atoms with Crippen LogP contribution in [-0.4, -0.2) is 40.9 Å². The van der Waals surface area contributed by atoms with Crippen molar-refractivity contribution in [3.05, 3.63) is 29.8 Å². The Bertz CT molecular complexity index is 660. The topological polar surface area (TPSA) is 44.7 Å². The molecular formula is C18H23F2N3OS. The summed E-state index contributed by atoms with van der Waals surface area (Å²) in [7, 11) is 1.87. The number of hydrogen-bond donors (Lipinski definition) is 1. The summed E-state index contributed by atoms with van der Waals surface area (Å²) in [4.78, 5) is 19.2. The normalized spacial score (nSPS) is 23.7. The fourth-order valence-electron chi connectivity index (χ4n) is 3.22. The van der Waals surface area contributed by atoms with E-state index in [9.17, 15) is 13.6 Å². The maximum absolute atomic E-state index is 13.3. The summed E-state index contributed by atoms with van der Waals surface area (Å²) >= 11 is 1.58. The van der Waals surface area contributed by atoms with Gasteiger partial charge in [-0.3, -0.25) is 9.79 Å². The molecule has 0 radical (unpaired) electrons. The number of amides is 1. The Balaban J connectivity index is 1.63. The number of carbonyl (C=O) groups excluding carboxylic acids is 1. The summed E-state index contributed by atoms with van der Waals surface area (Å²) in [6.45, 7) is 0. The molecule has 1 saturated carbocycles. The predicted octanol–water partition coefficient (Wildman–Crippen LogP) is 4.03. The van der Waals surface area contributed by atoms with Crippen LogP contribution in [0.25, 0.3) is 0 Å². The zero-order chi connectivity index (χ0) is 17.8. The van der Waals surface area contributed by atoms with Gasteiger partial charge < -0.3 is 10.2 Å². The molecular weight excluding hydrogens is 344 g/mol. The van der Waals surface area contributed by atoms with Gasteiger partial charge in [0.1, 0.15) is 6.04 Å². The van der Waals surface area contributed by atoms with Crippen LogP contribution in [0.4, 0.5) is 14.5 Å². The number of nitrogens with one attached hydrogen (secondary N) is 1. The van der Waals surface area contributed by atoms with E-state index in [2.05, 4.69) is 5.32 Å². The van der Waals surface area contributed by atoms with E-state index < -0.39 is 11.6 Å². The molecule has 1 N–H and O–H groups in total.